The quantitative estimate of drug-likeness (QED) is 0.706. The summed E-state index contributed by atoms with van der Waals surface area (Å²) < 4.78 is 41.8. The Morgan fingerprint density at radius 2 is 1.78 bits per heavy atom. The molecule has 1 N–H and O–H groups in total. The van der Waals surface area contributed by atoms with Gasteiger partial charge in [0.15, 0.2) is 0 Å². The number of benzene rings is 2. The summed E-state index contributed by atoms with van der Waals surface area (Å²) in [5.74, 6) is 0. The number of aryl methyl sites for hydroxylation is 1. The van der Waals surface area contributed by atoms with Crippen molar-refractivity contribution in [3.05, 3.63) is 62.0 Å². The lowest BCUT2D eigenvalue weighted by molar-refractivity contribution is 0.342. The second-order valence-corrected chi connectivity index (χ2v) is 8.31. The second kappa shape index (κ2) is 7.49. The summed E-state index contributed by atoms with van der Waals surface area (Å²) in [6.07, 6.45) is -1.47. The molecule has 124 valence electrons. The molecule has 0 bridgehead atoms. The van der Waals surface area contributed by atoms with Crippen LogP contribution in [0.4, 0.5) is 4.39 Å². The molecule has 0 heterocycles. The first kappa shape index (κ1) is 18.7. The minimum absolute atomic E-state index is 0.0387. The van der Waals surface area contributed by atoms with Crippen molar-refractivity contribution in [1.82, 2.24) is 4.72 Å². The molecule has 0 radical (unpaired) electrons. The van der Waals surface area contributed by atoms with Gasteiger partial charge in [0, 0.05) is 11.0 Å². The molecule has 0 aliphatic carbocycles. The number of sulfonamides is 1. The van der Waals surface area contributed by atoms with Crippen LogP contribution in [0.1, 0.15) is 17.3 Å². The van der Waals surface area contributed by atoms with E-state index in [2.05, 4.69) is 20.7 Å². The highest BCUT2D eigenvalue weighted by Gasteiger charge is 2.24. The summed E-state index contributed by atoms with van der Waals surface area (Å²) in [6.45, 7) is 1.36. The summed E-state index contributed by atoms with van der Waals surface area (Å²) >= 11 is 15.1. The van der Waals surface area contributed by atoms with Crippen molar-refractivity contribution in [2.24, 2.45) is 0 Å². The van der Waals surface area contributed by atoms with E-state index in [9.17, 15) is 12.8 Å². The van der Waals surface area contributed by atoms with E-state index in [4.69, 9.17) is 23.2 Å². The average Bonchev–Trinajstić information content (AvgIpc) is 2.44. The Morgan fingerprint density at radius 3 is 2.35 bits per heavy atom. The normalized spacial score (nSPS) is 13.1. The Balaban J connectivity index is 2.22. The topological polar surface area (TPSA) is 46.2 Å². The Morgan fingerprint density at radius 1 is 1.22 bits per heavy atom. The van der Waals surface area contributed by atoms with E-state index in [1.807, 2.05) is 0 Å². The fourth-order valence-electron chi connectivity index (χ4n) is 2.09. The van der Waals surface area contributed by atoms with Gasteiger partial charge in [-0.3, -0.25) is 0 Å². The molecular weight excluding hydrogens is 428 g/mol. The fraction of sp³-hybridized carbons (Fsp3) is 0.200. The maximum atomic E-state index is 14.3. The molecule has 1 atom stereocenters. The van der Waals surface area contributed by atoms with E-state index in [0.717, 1.165) is 5.56 Å². The van der Waals surface area contributed by atoms with E-state index in [1.165, 1.54) is 12.1 Å². The molecule has 8 heteroatoms. The SMILES string of the molecule is Cc1ccccc1C(F)CNS(=O)(=O)c1c(Cl)cc(Br)cc1Cl. The molecule has 0 aliphatic rings. The van der Waals surface area contributed by atoms with Gasteiger partial charge in [-0.1, -0.05) is 63.4 Å². The lowest BCUT2D eigenvalue weighted by Gasteiger charge is -2.14. The third kappa shape index (κ3) is 4.45. The maximum absolute atomic E-state index is 14.3. The molecule has 2 aromatic carbocycles. The smallest absolute Gasteiger partial charge is 0.241 e. The zero-order valence-electron chi connectivity index (χ0n) is 12.0. The van der Waals surface area contributed by atoms with E-state index < -0.39 is 22.7 Å². The molecule has 0 saturated carbocycles. The van der Waals surface area contributed by atoms with E-state index in [0.29, 0.717) is 10.0 Å². The highest BCUT2D eigenvalue weighted by atomic mass is 79.9. The van der Waals surface area contributed by atoms with Crippen LogP contribution in [0.5, 0.6) is 0 Å². The molecule has 2 aromatic rings. The van der Waals surface area contributed by atoms with Crippen molar-refractivity contribution < 1.29 is 12.8 Å². The van der Waals surface area contributed by atoms with Gasteiger partial charge < -0.3 is 0 Å². The molecule has 0 fully saturated rings. The first-order chi connectivity index (χ1) is 10.7. The Kier molecular flexibility index (Phi) is 6.08. The number of hydrogen-bond donors (Lipinski definition) is 1. The number of rotatable bonds is 5. The largest absolute Gasteiger partial charge is 0.243 e. The standard InChI is InChI=1S/C15H13BrCl2FNO2S/c1-9-4-2-3-5-11(9)14(19)8-20-23(21,22)15-12(17)6-10(16)7-13(15)18/h2-7,14,20H,8H2,1H3. The monoisotopic (exact) mass is 439 g/mol. The van der Waals surface area contributed by atoms with Crippen LogP contribution in [0.25, 0.3) is 0 Å². The molecule has 0 aliphatic heterocycles. The highest BCUT2D eigenvalue weighted by Crippen LogP contribution is 2.33. The molecule has 23 heavy (non-hydrogen) atoms. The Labute approximate surface area is 153 Å². The zero-order chi connectivity index (χ0) is 17.2. The molecule has 0 saturated heterocycles. The van der Waals surface area contributed by atoms with Gasteiger partial charge in [-0.05, 0) is 30.2 Å². The van der Waals surface area contributed by atoms with Gasteiger partial charge in [-0.2, -0.15) is 0 Å². The number of alkyl halides is 1. The van der Waals surface area contributed by atoms with Crippen molar-refractivity contribution in [3.63, 3.8) is 0 Å². The van der Waals surface area contributed by atoms with Crippen molar-refractivity contribution in [2.75, 3.05) is 6.54 Å². The maximum Gasteiger partial charge on any atom is 0.243 e. The van der Waals surface area contributed by atoms with Gasteiger partial charge in [0.1, 0.15) is 11.1 Å². The van der Waals surface area contributed by atoms with Gasteiger partial charge in [-0.15, -0.1) is 0 Å². The number of hydrogen-bond acceptors (Lipinski definition) is 2. The van der Waals surface area contributed by atoms with E-state index in [-0.39, 0.29) is 14.9 Å². The van der Waals surface area contributed by atoms with Crippen LogP contribution >= 0.6 is 39.1 Å². The van der Waals surface area contributed by atoms with Crippen molar-refractivity contribution in [2.45, 2.75) is 18.0 Å². The number of nitrogens with one attached hydrogen (secondary N) is 1. The molecule has 2 rings (SSSR count). The Bertz CT molecular complexity index is 807. The molecular formula is C15H13BrCl2FNO2S. The highest BCUT2D eigenvalue weighted by molar-refractivity contribution is 9.10. The van der Waals surface area contributed by atoms with Crippen LogP contribution in [0.3, 0.4) is 0 Å². The van der Waals surface area contributed by atoms with Crippen molar-refractivity contribution >= 4 is 49.2 Å². The van der Waals surface area contributed by atoms with Gasteiger partial charge in [-0.25, -0.2) is 17.5 Å². The minimum Gasteiger partial charge on any atom is -0.241 e. The molecule has 0 spiro atoms. The summed E-state index contributed by atoms with van der Waals surface area (Å²) in [6, 6.07) is 9.70. The summed E-state index contributed by atoms with van der Waals surface area (Å²) in [4.78, 5) is -0.263. The third-order valence-corrected chi connectivity index (χ3v) is 6.01. The molecule has 0 aromatic heterocycles. The van der Waals surface area contributed by atoms with Crippen LogP contribution in [-0.4, -0.2) is 15.0 Å². The minimum atomic E-state index is -4.03. The van der Waals surface area contributed by atoms with Crippen molar-refractivity contribution in [1.29, 1.82) is 0 Å². The van der Waals surface area contributed by atoms with Crippen molar-refractivity contribution in [3.8, 4) is 0 Å². The summed E-state index contributed by atoms with van der Waals surface area (Å²) in [7, 11) is -4.03. The zero-order valence-corrected chi connectivity index (χ0v) is 15.9. The summed E-state index contributed by atoms with van der Waals surface area (Å²) in [5, 5.41) is -0.0775. The van der Waals surface area contributed by atoms with Crippen LogP contribution < -0.4 is 4.72 Å². The predicted octanol–water partition coefficient (Wildman–Crippen LogP) is 5.05. The third-order valence-electron chi connectivity index (χ3n) is 3.21. The fourth-order valence-corrected chi connectivity index (χ4v) is 5.05. The first-order valence-electron chi connectivity index (χ1n) is 6.56. The lowest BCUT2D eigenvalue weighted by Crippen LogP contribution is -2.28. The Hall–Kier alpha value is -0.660. The van der Waals surface area contributed by atoms with E-state index >= 15 is 0 Å². The van der Waals surface area contributed by atoms with E-state index in [1.54, 1.807) is 31.2 Å². The van der Waals surface area contributed by atoms with Gasteiger partial charge in [0.05, 0.1) is 10.0 Å². The van der Waals surface area contributed by atoms with Gasteiger partial charge >= 0.3 is 0 Å². The lowest BCUT2D eigenvalue weighted by atomic mass is 10.1. The number of halogens is 4. The molecule has 3 nitrogen and oxygen atoms in total. The van der Waals surface area contributed by atoms with Gasteiger partial charge in [0.2, 0.25) is 10.0 Å². The average molecular weight is 441 g/mol. The van der Waals surface area contributed by atoms with Crippen LogP contribution in [0, 0.1) is 6.92 Å². The van der Waals surface area contributed by atoms with Crippen LogP contribution in [0.15, 0.2) is 45.8 Å². The second-order valence-electron chi connectivity index (χ2n) is 4.87. The van der Waals surface area contributed by atoms with Gasteiger partial charge in [0.25, 0.3) is 0 Å². The molecule has 1 unspecified atom stereocenters. The van der Waals surface area contributed by atoms with Crippen LogP contribution in [-0.2, 0) is 10.0 Å². The van der Waals surface area contributed by atoms with Crippen LogP contribution in [0.2, 0.25) is 10.0 Å². The first-order valence-corrected chi connectivity index (χ1v) is 9.59. The summed E-state index contributed by atoms with van der Waals surface area (Å²) in [5.41, 5.74) is 1.18. The molecule has 0 amide bonds. The predicted molar refractivity (Wildman–Crippen MR) is 94.4 cm³/mol.